The van der Waals surface area contributed by atoms with Crippen LogP contribution in [0.25, 0.3) is 6.08 Å². The van der Waals surface area contributed by atoms with Crippen LogP contribution in [0.15, 0.2) is 30.4 Å². The summed E-state index contributed by atoms with van der Waals surface area (Å²) in [6.07, 6.45) is -4.20. The zero-order valence-corrected chi connectivity index (χ0v) is 10.9. The Labute approximate surface area is 113 Å². The molecule has 0 aromatic heterocycles. The Kier molecular flexibility index (Phi) is 4.92. The maximum absolute atomic E-state index is 13.7. The van der Waals surface area contributed by atoms with Crippen molar-refractivity contribution in [3.8, 4) is 5.75 Å². The summed E-state index contributed by atoms with van der Waals surface area (Å²) >= 11 is 0. The summed E-state index contributed by atoms with van der Waals surface area (Å²) in [5.74, 6) is -2.93. The highest BCUT2D eigenvalue weighted by Gasteiger charge is 2.40. The van der Waals surface area contributed by atoms with E-state index in [4.69, 9.17) is 0 Å². The predicted molar refractivity (Wildman–Crippen MR) is 66.4 cm³/mol. The Morgan fingerprint density at radius 3 is 2.15 bits per heavy atom. The third-order valence-corrected chi connectivity index (χ3v) is 2.58. The zero-order valence-electron chi connectivity index (χ0n) is 10.9. The molecule has 0 amide bonds. The van der Waals surface area contributed by atoms with Crippen LogP contribution >= 0.6 is 0 Å². The van der Waals surface area contributed by atoms with E-state index in [-0.39, 0.29) is 0 Å². The van der Waals surface area contributed by atoms with E-state index in [1.165, 1.54) is 6.92 Å². The molecule has 0 fully saturated rings. The van der Waals surface area contributed by atoms with Gasteiger partial charge in [-0.15, -0.1) is 0 Å². The van der Waals surface area contributed by atoms with Gasteiger partial charge in [-0.3, -0.25) is 0 Å². The minimum Gasteiger partial charge on any atom is -0.429 e. The largest absolute Gasteiger partial charge is 0.429 e. The van der Waals surface area contributed by atoms with E-state index in [9.17, 15) is 22.0 Å². The van der Waals surface area contributed by atoms with Gasteiger partial charge in [0.05, 0.1) is 5.57 Å². The first-order valence-electron chi connectivity index (χ1n) is 5.72. The SMILES string of the molecule is C=Cc1c(F)cc(OC(F)(F)C(=CC)C(C)F)cc1F. The van der Waals surface area contributed by atoms with Gasteiger partial charge in [0.15, 0.2) is 0 Å². The highest BCUT2D eigenvalue weighted by atomic mass is 19.3. The van der Waals surface area contributed by atoms with Gasteiger partial charge >= 0.3 is 6.11 Å². The number of allylic oxidation sites excluding steroid dienone is 1. The summed E-state index contributed by atoms with van der Waals surface area (Å²) < 4.78 is 71.4. The number of benzene rings is 1. The van der Waals surface area contributed by atoms with Crippen LogP contribution in [-0.2, 0) is 0 Å². The van der Waals surface area contributed by atoms with E-state index < -0.39 is 40.8 Å². The molecule has 0 aliphatic rings. The van der Waals surface area contributed by atoms with Crippen LogP contribution in [0, 0.1) is 11.6 Å². The fourth-order valence-electron chi connectivity index (χ4n) is 1.65. The van der Waals surface area contributed by atoms with Gasteiger partial charge in [0, 0.05) is 17.7 Å². The Morgan fingerprint density at radius 1 is 1.30 bits per heavy atom. The van der Waals surface area contributed by atoms with E-state index in [1.807, 2.05) is 0 Å². The second kappa shape index (κ2) is 6.07. The molecule has 1 nitrogen and oxygen atoms in total. The molecule has 0 saturated heterocycles. The number of halogens is 5. The lowest BCUT2D eigenvalue weighted by molar-refractivity contribution is -0.148. The van der Waals surface area contributed by atoms with Gasteiger partial charge < -0.3 is 4.74 Å². The molecule has 0 spiro atoms. The highest BCUT2D eigenvalue weighted by molar-refractivity contribution is 5.50. The van der Waals surface area contributed by atoms with Crippen molar-refractivity contribution in [3.63, 3.8) is 0 Å². The summed E-state index contributed by atoms with van der Waals surface area (Å²) in [5, 5.41) is 0. The predicted octanol–water partition coefficient (Wildman–Crippen LogP) is 4.88. The van der Waals surface area contributed by atoms with Crippen molar-refractivity contribution >= 4 is 6.08 Å². The first-order chi connectivity index (χ1) is 9.22. The molecule has 1 atom stereocenters. The molecule has 0 heterocycles. The van der Waals surface area contributed by atoms with Crippen molar-refractivity contribution in [2.45, 2.75) is 26.1 Å². The summed E-state index contributed by atoms with van der Waals surface area (Å²) in [5.41, 5.74) is -1.38. The molecule has 6 heteroatoms. The summed E-state index contributed by atoms with van der Waals surface area (Å²) in [6.45, 7) is 5.32. The Bertz CT molecular complexity index is 511. The number of hydrogen-bond donors (Lipinski definition) is 0. The van der Waals surface area contributed by atoms with Gasteiger partial charge in [0.25, 0.3) is 0 Å². The van der Waals surface area contributed by atoms with Crippen molar-refractivity contribution in [1.29, 1.82) is 0 Å². The van der Waals surface area contributed by atoms with E-state index in [0.29, 0.717) is 12.1 Å². The first kappa shape index (κ1) is 16.2. The number of alkyl halides is 3. The fraction of sp³-hybridized carbons (Fsp3) is 0.286. The summed E-state index contributed by atoms with van der Waals surface area (Å²) in [7, 11) is 0. The Balaban J connectivity index is 3.13. The topological polar surface area (TPSA) is 9.23 Å². The molecule has 0 bridgehead atoms. The van der Waals surface area contributed by atoms with Crippen molar-refractivity contribution < 1.29 is 26.7 Å². The minimum atomic E-state index is -4.00. The zero-order chi connectivity index (χ0) is 15.5. The number of hydrogen-bond acceptors (Lipinski definition) is 1. The van der Waals surface area contributed by atoms with Crippen LogP contribution in [-0.4, -0.2) is 12.3 Å². The molecule has 0 radical (unpaired) electrons. The van der Waals surface area contributed by atoms with Crippen LogP contribution in [0.3, 0.4) is 0 Å². The molecule has 1 unspecified atom stereocenters. The van der Waals surface area contributed by atoms with Crippen molar-refractivity contribution in [3.05, 3.63) is 47.6 Å². The van der Waals surface area contributed by atoms with Crippen LogP contribution in [0.5, 0.6) is 5.75 Å². The van der Waals surface area contributed by atoms with E-state index in [0.717, 1.165) is 19.1 Å². The highest BCUT2D eigenvalue weighted by Crippen LogP contribution is 2.33. The average molecular weight is 292 g/mol. The standard InChI is InChI=1S/C14H13F5O/c1-4-10-12(16)6-9(7-13(10)17)20-14(18,19)11(5-2)8(3)15/h4-8H,1H2,2-3H3. The van der Waals surface area contributed by atoms with Gasteiger partial charge in [-0.1, -0.05) is 18.7 Å². The molecule has 0 aliphatic heterocycles. The average Bonchev–Trinajstić information content (AvgIpc) is 2.27. The van der Waals surface area contributed by atoms with Crippen LogP contribution in [0.1, 0.15) is 19.4 Å². The van der Waals surface area contributed by atoms with Crippen molar-refractivity contribution in [1.82, 2.24) is 0 Å². The second-order valence-corrected chi connectivity index (χ2v) is 3.98. The summed E-state index contributed by atoms with van der Waals surface area (Å²) in [4.78, 5) is 0. The van der Waals surface area contributed by atoms with Gasteiger partial charge in [0.1, 0.15) is 23.6 Å². The van der Waals surface area contributed by atoms with Crippen molar-refractivity contribution in [2.75, 3.05) is 0 Å². The third kappa shape index (κ3) is 3.37. The maximum Gasteiger partial charge on any atom is 0.425 e. The van der Waals surface area contributed by atoms with Crippen LogP contribution in [0.4, 0.5) is 22.0 Å². The van der Waals surface area contributed by atoms with Gasteiger partial charge in [0.2, 0.25) is 0 Å². The molecule has 0 N–H and O–H groups in total. The Hall–Kier alpha value is -1.85. The molecular weight excluding hydrogens is 279 g/mol. The molecule has 1 rings (SSSR count). The first-order valence-corrected chi connectivity index (χ1v) is 5.72. The molecule has 0 aliphatic carbocycles. The summed E-state index contributed by atoms with van der Waals surface area (Å²) in [6, 6.07) is 1.17. The Morgan fingerprint density at radius 2 is 1.80 bits per heavy atom. The quantitative estimate of drug-likeness (QED) is 0.555. The lowest BCUT2D eigenvalue weighted by atomic mass is 10.1. The van der Waals surface area contributed by atoms with Crippen LogP contribution < -0.4 is 4.74 Å². The smallest absolute Gasteiger partial charge is 0.425 e. The molecule has 20 heavy (non-hydrogen) atoms. The molecule has 0 saturated carbocycles. The van der Waals surface area contributed by atoms with E-state index in [1.54, 1.807) is 0 Å². The lowest BCUT2D eigenvalue weighted by Gasteiger charge is -2.22. The third-order valence-electron chi connectivity index (χ3n) is 2.58. The van der Waals surface area contributed by atoms with Gasteiger partial charge in [-0.05, 0) is 13.8 Å². The maximum atomic E-state index is 13.7. The molecule has 1 aromatic rings. The monoisotopic (exact) mass is 292 g/mol. The minimum absolute atomic E-state index is 0.453. The molecular formula is C14H13F5O. The normalized spacial score (nSPS) is 14.1. The second-order valence-electron chi connectivity index (χ2n) is 3.98. The van der Waals surface area contributed by atoms with Crippen molar-refractivity contribution in [2.24, 2.45) is 0 Å². The van der Waals surface area contributed by atoms with Gasteiger partial charge in [-0.2, -0.15) is 8.78 Å². The lowest BCUT2D eigenvalue weighted by Crippen LogP contribution is -2.31. The fourth-order valence-corrected chi connectivity index (χ4v) is 1.65. The number of ether oxygens (including phenoxy) is 1. The molecule has 1 aromatic carbocycles. The van der Waals surface area contributed by atoms with Gasteiger partial charge in [-0.25, -0.2) is 13.2 Å². The molecule has 110 valence electrons. The van der Waals surface area contributed by atoms with E-state index in [2.05, 4.69) is 11.3 Å². The van der Waals surface area contributed by atoms with Crippen LogP contribution in [0.2, 0.25) is 0 Å². The number of rotatable bonds is 5. The van der Waals surface area contributed by atoms with E-state index >= 15 is 0 Å².